The second-order valence-electron chi connectivity index (χ2n) is 6.03. The maximum absolute atomic E-state index is 13.0. The molecule has 1 unspecified atom stereocenters. The minimum absolute atomic E-state index is 0.116. The van der Waals surface area contributed by atoms with Gasteiger partial charge >= 0.3 is 6.18 Å². The number of hydrogen-bond donors (Lipinski definition) is 1. The summed E-state index contributed by atoms with van der Waals surface area (Å²) in [6.07, 6.45) is -3.05. The summed E-state index contributed by atoms with van der Waals surface area (Å²) in [7, 11) is 1.68. The van der Waals surface area contributed by atoms with Gasteiger partial charge in [-0.25, -0.2) is 0 Å². The van der Waals surface area contributed by atoms with E-state index < -0.39 is 11.7 Å². The van der Waals surface area contributed by atoms with E-state index in [1.54, 1.807) is 13.1 Å². The normalized spacial score (nSPS) is 17.7. The standard InChI is InChI=1S/C20H18F3NOS/c1-24-19-17(14-8-5-9-15(12-14)20(21,22)23)18(25)16(26-19)11-10-13-6-3-2-4-7-13/h2-9,12,16,24H,10-11H2,1H3. The van der Waals surface area contributed by atoms with E-state index in [4.69, 9.17) is 0 Å². The molecule has 6 heteroatoms. The number of allylic oxidation sites excluding steroid dienone is 1. The van der Waals surface area contributed by atoms with Crippen LogP contribution < -0.4 is 5.32 Å². The number of carbonyl (C=O) groups is 1. The molecule has 2 nitrogen and oxygen atoms in total. The molecule has 0 bridgehead atoms. The number of carbonyl (C=O) groups excluding carboxylic acids is 1. The Balaban J connectivity index is 1.81. The first-order valence-electron chi connectivity index (χ1n) is 8.24. The number of benzene rings is 2. The van der Waals surface area contributed by atoms with Gasteiger partial charge in [-0.3, -0.25) is 4.79 Å². The van der Waals surface area contributed by atoms with Gasteiger partial charge < -0.3 is 5.32 Å². The number of rotatable bonds is 5. The molecule has 0 aromatic heterocycles. The lowest BCUT2D eigenvalue weighted by atomic mass is 9.96. The third-order valence-corrected chi connectivity index (χ3v) is 5.65. The number of thioether (sulfide) groups is 1. The molecular formula is C20H18F3NOS. The summed E-state index contributed by atoms with van der Waals surface area (Å²) in [5.41, 5.74) is 1.05. The number of alkyl halides is 3. The summed E-state index contributed by atoms with van der Waals surface area (Å²) >= 11 is 1.39. The van der Waals surface area contributed by atoms with Crippen molar-refractivity contribution in [3.63, 3.8) is 0 Å². The van der Waals surface area contributed by atoms with Gasteiger partial charge in [-0.2, -0.15) is 13.2 Å². The fourth-order valence-electron chi connectivity index (χ4n) is 2.97. The Labute approximate surface area is 154 Å². The molecule has 0 saturated heterocycles. The van der Waals surface area contributed by atoms with Crippen LogP contribution in [-0.4, -0.2) is 18.1 Å². The molecule has 1 N–H and O–H groups in total. The topological polar surface area (TPSA) is 29.1 Å². The van der Waals surface area contributed by atoms with Crippen LogP contribution >= 0.6 is 11.8 Å². The largest absolute Gasteiger partial charge is 0.416 e. The van der Waals surface area contributed by atoms with Crippen molar-refractivity contribution in [1.82, 2.24) is 5.32 Å². The van der Waals surface area contributed by atoms with Crippen LogP contribution in [0.5, 0.6) is 0 Å². The maximum atomic E-state index is 13.0. The van der Waals surface area contributed by atoms with Crippen LogP contribution in [0.1, 0.15) is 23.1 Å². The first kappa shape index (κ1) is 18.6. The van der Waals surface area contributed by atoms with E-state index in [9.17, 15) is 18.0 Å². The van der Waals surface area contributed by atoms with Crippen LogP contribution in [-0.2, 0) is 17.4 Å². The Kier molecular flexibility index (Phi) is 5.41. The lowest BCUT2D eigenvalue weighted by molar-refractivity contribution is -0.137. The lowest BCUT2D eigenvalue weighted by Crippen LogP contribution is -2.15. The highest BCUT2D eigenvalue weighted by molar-refractivity contribution is 8.05. The number of ketones is 1. The molecule has 3 rings (SSSR count). The third kappa shape index (κ3) is 3.96. The lowest BCUT2D eigenvalue weighted by Gasteiger charge is -2.10. The Morgan fingerprint density at radius 2 is 1.81 bits per heavy atom. The molecule has 2 aromatic rings. The SMILES string of the molecule is CNC1=C(c2cccc(C(F)(F)F)c2)C(=O)C(CCc2ccccc2)S1. The van der Waals surface area contributed by atoms with Crippen LogP contribution in [0.15, 0.2) is 59.6 Å². The van der Waals surface area contributed by atoms with Gasteiger partial charge in [0.25, 0.3) is 0 Å². The number of hydrogen-bond acceptors (Lipinski definition) is 3. The van der Waals surface area contributed by atoms with Gasteiger partial charge in [0.05, 0.1) is 21.4 Å². The number of nitrogens with one attached hydrogen (secondary N) is 1. The van der Waals surface area contributed by atoms with Gasteiger partial charge in [-0.15, -0.1) is 0 Å². The molecule has 1 aliphatic rings. The molecule has 1 aliphatic heterocycles. The number of halogens is 3. The molecule has 1 heterocycles. The molecule has 136 valence electrons. The van der Waals surface area contributed by atoms with E-state index in [0.29, 0.717) is 22.6 Å². The molecular weight excluding hydrogens is 359 g/mol. The average Bonchev–Trinajstić information content (AvgIpc) is 2.96. The summed E-state index contributed by atoms with van der Waals surface area (Å²) in [5, 5.41) is 3.31. The predicted octanol–water partition coefficient (Wildman–Crippen LogP) is 4.91. The van der Waals surface area contributed by atoms with Gasteiger partial charge in [0.15, 0.2) is 5.78 Å². The minimum atomic E-state index is -4.43. The summed E-state index contributed by atoms with van der Waals surface area (Å²) in [4.78, 5) is 12.9. The van der Waals surface area contributed by atoms with Gasteiger partial charge in [0.1, 0.15) is 0 Å². The van der Waals surface area contributed by atoms with Crippen molar-refractivity contribution < 1.29 is 18.0 Å². The van der Waals surface area contributed by atoms with E-state index in [-0.39, 0.29) is 11.0 Å². The first-order chi connectivity index (χ1) is 12.4. The average molecular weight is 377 g/mol. The van der Waals surface area contributed by atoms with E-state index in [1.807, 2.05) is 30.3 Å². The second kappa shape index (κ2) is 7.58. The van der Waals surface area contributed by atoms with Gasteiger partial charge in [-0.05, 0) is 36.1 Å². The highest BCUT2D eigenvalue weighted by Gasteiger charge is 2.36. The zero-order valence-electron chi connectivity index (χ0n) is 14.1. The molecule has 26 heavy (non-hydrogen) atoms. The van der Waals surface area contributed by atoms with Crippen molar-refractivity contribution in [2.24, 2.45) is 0 Å². The quantitative estimate of drug-likeness (QED) is 0.803. The zero-order chi connectivity index (χ0) is 18.7. The van der Waals surface area contributed by atoms with Crippen LogP contribution in [0.25, 0.3) is 5.57 Å². The van der Waals surface area contributed by atoms with Crippen molar-refractivity contribution in [1.29, 1.82) is 0 Å². The van der Waals surface area contributed by atoms with Crippen molar-refractivity contribution in [3.8, 4) is 0 Å². The Morgan fingerprint density at radius 1 is 1.08 bits per heavy atom. The number of Topliss-reactive ketones (excluding diaryl/α,β-unsaturated/α-hetero) is 1. The van der Waals surface area contributed by atoms with Crippen LogP contribution in [0, 0.1) is 0 Å². The first-order valence-corrected chi connectivity index (χ1v) is 9.12. The Hall–Kier alpha value is -2.21. The minimum Gasteiger partial charge on any atom is -0.382 e. The molecule has 1 atom stereocenters. The molecule has 0 amide bonds. The molecule has 0 fully saturated rings. The van der Waals surface area contributed by atoms with Gasteiger partial charge in [-0.1, -0.05) is 54.2 Å². The Morgan fingerprint density at radius 3 is 2.46 bits per heavy atom. The molecule has 2 aromatic carbocycles. The van der Waals surface area contributed by atoms with Crippen molar-refractivity contribution in [3.05, 3.63) is 76.3 Å². The summed E-state index contributed by atoms with van der Waals surface area (Å²) in [6.45, 7) is 0. The van der Waals surface area contributed by atoms with E-state index in [2.05, 4.69) is 5.32 Å². The van der Waals surface area contributed by atoms with Gasteiger partial charge in [0, 0.05) is 7.05 Å². The van der Waals surface area contributed by atoms with E-state index in [0.717, 1.165) is 24.1 Å². The van der Waals surface area contributed by atoms with E-state index in [1.165, 1.54) is 17.8 Å². The second-order valence-corrected chi connectivity index (χ2v) is 7.24. The molecule has 0 saturated carbocycles. The summed E-state index contributed by atoms with van der Waals surface area (Å²) in [5.74, 6) is -0.116. The maximum Gasteiger partial charge on any atom is 0.416 e. The van der Waals surface area contributed by atoms with Crippen molar-refractivity contribution >= 4 is 23.1 Å². The molecule has 0 spiro atoms. The fraction of sp³-hybridized carbons (Fsp3) is 0.250. The molecule has 0 aliphatic carbocycles. The predicted molar refractivity (Wildman–Crippen MR) is 98.6 cm³/mol. The van der Waals surface area contributed by atoms with Gasteiger partial charge in [0.2, 0.25) is 0 Å². The van der Waals surface area contributed by atoms with Crippen LogP contribution in [0.4, 0.5) is 13.2 Å². The highest BCUT2D eigenvalue weighted by atomic mass is 32.2. The van der Waals surface area contributed by atoms with Crippen LogP contribution in [0.3, 0.4) is 0 Å². The van der Waals surface area contributed by atoms with Crippen molar-refractivity contribution in [2.75, 3.05) is 7.05 Å². The zero-order valence-corrected chi connectivity index (χ0v) is 15.0. The third-order valence-electron chi connectivity index (χ3n) is 4.27. The highest BCUT2D eigenvalue weighted by Crippen LogP contribution is 2.41. The fourth-order valence-corrected chi connectivity index (χ4v) is 4.17. The molecule has 0 radical (unpaired) electrons. The smallest absolute Gasteiger partial charge is 0.382 e. The van der Waals surface area contributed by atoms with Crippen molar-refractivity contribution in [2.45, 2.75) is 24.3 Å². The Bertz CT molecular complexity index is 830. The number of aryl methyl sites for hydroxylation is 1. The summed E-state index contributed by atoms with van der Waals surface area (Å²) < 4.78 is 39.0. The summed E-state index contributed by atoms with van der Waals surface area (Å²) in [6, 6.07) is 14.8. The monoisotopic (exact) mass is 377 g/mol. The van der Waals surface area contributed by atoms with E-state index >= 15 is 0 Å². The van der Waals surface area contributed by atoms with Crippen LogP contribution in [0.2, 0.25) is 0 Å².